The minimum atomic E-state index is 0.191. The van der Waals surface area contributed by atoms with E-state index < -0.39 is 0 Å². The number of aliphatic imine (C=N–C) groups is 1. The lowest BCUT2D eigenvalue weighted by Gasteiger charge is -2.23. The molecule has 0 atom stereocenters. The lowest BCUT2D eigenvalue weighted by atomic mass is 9.82. The summed E-state index contributed by atoms with van der Waals surface area (Å²) in [6.45, 7) is 24.7. The molecule has 0 bridgehead atoms. The molecule has 0 aromatic heterocycles. The van der Waals surface area contributed by atoms with E-state index in [1.165, 1.54) is 33.7 Å². The molecule has 2 aromatic rings. The summed E-state index contributed by atoms with van der Waals surface area (Å²) in [5, 5.41) is 0. The second-order valence-electron chi connectivity index (χ2n) is 12.1. The molecule has 1 aliphatic rings. The topological polar surface area (TPSA) is 12.4 Å². The normalized spacial score (nSPS) is 14.2. The molecule has 1 heteroatoms. The van der Waals surface area contributed by atoms with E-state index in [0.29, 0.717) is 5.92 Å². The first kappa shape index (κ1) is 24.4. The van der Waals surface area contributed by atoms with Crippen LogP contribution < -0.4 is 0 Å². The number of fused-ring (bicyclic) bond motifs is 1. The second-order valence-corrected chi connectivity index (χ2v) is 12.1. The van der Waals surface area contributed by atoms with E-state index in [1.807, 2.05) is 0 Å². The van der Waals surface area contributed by atoms with Crippen LogP contribution in [0.1, 0.15) is 104 Å². The van der Waals surface area contributed by atoms with Crippen LogP contribution in [0.4, 0.5) is 5.69 Å². The van der Waals surface area contributed by atoms with Crippen molar-refractivity contribution in [2.75, 3.05) is 0 Å². The summed E-state index contributed by atoms with van der Waals surface area (Å²) in [6.07, 6.45) is 1.03. The molecule has 0 aliphatic carbocycles. The van der Waals surface area contributed by atoms with Crippen molar-refractivity contribution in [3.8, 4) is 0 Å². The van der Waals surface area contributed by atoms with Crippen LogP contribution in [-0.4, -0.2) is 5.71 Å². The monoisotopic (exact) mass is 405 g/mol. The smallest absolute Gasteiger partial charge is 0.0668 e. The highest BCUT2D eigenvalue weighted by atomic mass is 14.8. The lowest BCUT2D eigenvalue weighted by Crippen LogP contribution is -2.19. The van der Waals surface area contributed by atoms with Crippen molar-refractivity contribution in [2.45, 2.75) is 99.3 Å². The van der Waals surface area contributed by atoms with Crippen LogP contribution in [0.3, 0.4) is 0 Å². The van der Waals surface area contributed by atoms with E-state index >= 15 is 0 Å². The van der Waals surface area contributed by atoms with E-state index in [0.717, 1.165) is 6.42 Å². The standard InChI is InChI=1S/C15H21N.C14H22/c1-10(2)11-6-7-12-9-14(15(3,4)5)16-13(12)8-11;1-13(2,3)11-7-9-12(10-8-11)14(4,5)6/h6-8,10H,9H2,1-5H3;7-10H,1-6H3. The maximum atomic E-state index is 4.78. The Morgan fingerprint density at radius 3 is 1.50 bits per heavy atom. The van der Waals surface area contributed by atoms with Crippen LogP contribution in [0.15, 0.2) is 47.5 Å². The zero-order valence-corrected chi connectivity index (χ0v) is 21.3. The van der Waals surface area contributed by atoms with Crippen LogP contribution >= 0.6 is 0 Å². The summed E-state index contributed by atoms with van der Waals surface area (Å²) < 4.78 is 0. The molecular formula is C29H43N. The Hall–Kier alpha value is -1.89. The molecule has 30 heavy (non-hydrogen) atoms. The van der Waals surface area contributed by atoms with Gasteiger partial charge in [0.15, 0.2) is 0 Å². The first-order valence-corrected chi connectivity index (χ1v) is 11.4. The molecular weight excluding hydrogens is 362 g/mol. The number of rotatable bonds is 1. The van der Waals surface area contributed by atoms with Gasteiger partial charge in [-0.2, -0.15) is 0 Å². The summed E-state index contributed by atoms with van der Waals surface area (Å²) in [6, 6.07) is 15.7. The van der Waals surface area contributed by atoms with Gasteiger partial charge in [0.05, 0.1) is 5.69 Å². The molecule has 0 unspecified atom stereocenters. The van der Waals surface area contributed by atoms with Gasteiger partial charge in [-0.25, -0.2) is 0 Å². The Balaban J connectivity index is 0.000000216. The molecule has 1 nitrogen and oxygen atoms in total. The Morgan fingerprint density at radius 2 is 1.13 bits per heavy atom. The first-order chi connectivity index (χ1) is 13.6. The summed E-state index contributed by atoms with van der Waals surface area (Å²) >= 11 is 0. The van der Waals surface area contributed by atoms with Crippen molar-refractivity contribution >= 4 is 11.4 Å². The molecule has 0 N–H and O–H groups in total. The third kappa shape index (κ3) is 6.30. The predicted octanol–water partition coefficient (Wildman–Crippen LogP) is 8.77. The quantitative estimate of drug-likeness (QED) is 0.449. The Bertz CT molecular complexity index is 843. The minimum absolute atomic E-state index is 0.191. The zero-order chi connectivity index (χ0) is 22.9. The zero-order valence-electron chi connectivity index (χ0n) is 21.3. The van der Waals surface area contributed by atoms with Gasteiger partial charge in [0.25, 0.3) is 0 Å². The minimum Gasteiger partial charge on any atom is -0.257 e. The fraction of sp³-hybridized carbons (Fsp3) is 0.552. The van der Waals surface area contributed by atoms with Crippen LogP contribution in [0.2, 0.25) is 0 Å². The van der Waals surface area contributed by atoms with Crippen LogP contribution in [0, 0.1) is 5.41 Å². The van der Waals surface area contributed by atoms with E-state index in [9.17, 15) is 0 Å². The third-order valence-electron chi connectivity index (χ3n) is 5.87. The van der Waals surface area contributed by atoms with E-state index in [4.69, 9.17) is 4.99 Å². The van der Waals surface area contributed by atoms with Crippen molar-refractivity contribution in [2.24, 2.45) is 10.4 Å². The fourth-order valence-corrected chi connectivity index (χ4v) is 3.46. The first-order valence-electron chi connectivity index (χ1n) is 11.4. The summed E-state index contributed by atoms with van der Waals surface area (Å²) in [4.78, 5) is 4.78. The van der Waals surface area contributed by atoms with Crippen molar-refractivity contribution in [3.63, 3.8) is 0 Å². The van der Waals surface area contributed by atoms with Gasteiger partial charge in [-0.1, -0.05) is 113 Å². The lowest BCUT2D eigenvalue weighted by molar-refractivity contribution is 0.577. The fourth-order valence-electron chi connectivity index (χ4n) is 3.46. The van der Waals surface area contributed by atoms with Crippen LogP contribution in [0.5, 0.6) is 0 Å². The molecule has 164 valence electrons. The van der Waals surface area contributed by atoms with Crippen LogP contribution in [-0.2, 0) is 17.3 Å². The number of benzene rings is 2. The maximum absolute atomic E-state index is 4.78. The Morgan fingerprint density at radius 1 is 0.667 bits per heavy atom. The maximum Gasteiger partial charge on any atom is 0.0668 e. The molecule has 3 rings (SSSR count). The van der Waals surface area contributed by atoms with Crippen molar-refractivity contribution < 1.29 is 0 Å². The molecule has 2 aromatic carbocycles. The van der Waals surface area contributed by atoms with Gasteiger partial charge < -0.3 is 0 Å². The molecule has 0 saturated carbocycles. The second kappa shape index (κ2) is 8.69. The highest BCUT2D eigenvalue weighted by Gasteiger charge is 2.25. The van der Waals surface area contributed by atoms with Crippen molar-refractivity contribution in [1.29, 1.82) is 0 Å². The average Bonchev–Trinajstić information content (AvgIpc) is 3.04. The van der Waals surface area contributed by atoms with Gasteiger partial charge in [-0.15, -0.1) is 0 Å². The van der Waals surface area contributed by atoms with Gasteiger partial charge in [-0.3, -0.25) is 4.99 Å². The van der Waals surface area contributed by atoms with Gasteiger partial charge >= 0.3 is 0 Å². The largest absolute Gasteiger partial charge is 0.257 e. The highest BCUT2D eigenvalue weighted by molar-refractivity contribution is 5.97. The van der Waals surface area contributed by atoms with Gasteiger partial charge in [0, 0.05) is 17.5 Å². The van der Waals surface area contributed by atoms with E-state index in [-0.39, 0.29) is 16.2 Å². The summed E-state index contributed by atoms with van der Waals surface area (Å²) in [7, 11) is 0. The van der Waals surface area contributed by atoms with Gasteiger partial charge in [0.1, 0.15) is 0 Å². The van der Waals surface area contributed by atoms with E-state index in [1.54, 1.807) is 0 Å². The Labute approximate surface area is 186 Å². The number of hydrogen-bond donors (Lipinski definition) is 0. The van der Waals surface area contributed by atoms with Crippen LogP contribution in [0.25, 0.3) is 0 Å². The third-order valence-corrected chi connectivity index (χ3v) is 5.87. The Kier molecular flexibility index (Phi) is 7.06. The van der Waals surface area contributed by atoms with Crippen molar-refractivity contribution in [3.05, 3.63) is 64.7 Å². The molecule has 0 spiro atoms. The number of nitrogens with zero attached hydrogens (tertiary/aromatic N) is 1. The highest BCUT2D eigenvalue weighted by Crippen LogP contribution is 2.35. The summed E-state index contributed by atoms with van der Waals surface area (Å²) in [5.74, 6) is 0.583. The molecule has 0 radical (unpaired) electrons. The van der Waals surface area contributed by atoms with Crippen molar-refractivity contribution in [1.82, 2.24) is 0 Å². The molecule has 1 aliphatic heterocycles. The van der Waals surface area contributed by atoms with E-state index in [2.05, 4.69) is 119 Å². The molecule has 0 saturated heterocycles. The predicted molar refractivity (Wildman–Crippen MR) is 135 cm³/mol. The molecule has 1 heterocycles. The molecule has 0 fully saturated rings. The van der Waals surface area contributed by atoms with Gasteiger partial charge in [-0.05, 0) is 45.1 Å². The van der Waals surface area contributed by atoms with Gasteiger partial charge in [0.2, 0.25) is 0 Å². The molecule has 0 amide bonds. The average molecular weight is 406 g/mol. The SMILES string of the molecule is CC(C)(C)c1ccc(C(C)(C)C)cc1.CC(C)c1ccc2c(c1)N=C(C(C)(C)C)C2. The number of hydrogen-bond acceptors (Lipinski definition) is 1. The summed E-state index contributed by atoms with van der Waals surface area (Å²) in [5.41, 5.74) is 8.80.